The molecule has 8 nitrogen and oxygen atoms in total. The number of amides is 2. The molecule has 2 heterocycles. The predicted octanol–water partition coefficient (Wildman–Crippen LogP) is 6.54. The Morgan fingerprint density at radius 3 is 2.72 bits per heavy atom. The molecule has 4 aromatic rings. The van der Waals surface area contributed by atoms with Crippen LogP contribution in [0.2, 0.25) is 5.02 Å². The van der Waals surface area contributed by atoms with Gasteiger partial charge >= 0.3 is 0 Å². The van der Waals surface area contributed by atoms with Crippen molar-refractivity contribution in [2.24, 2.45) is 5.10 Å². The molecular weight excluding hydrogens is 516 g/mol. The number of hydrogen-bond donors (Lipinski definition) is 1. The van der Waals surface area contributed by atoms with Crippen LogP contribution in [0.5, 0.6) is 5.75 Å². The van der Waals surface area contributed by atoms with Gasteiger partial charge < -0.3 is 14.5 Å². The molecule has 0 atom stereocenters. The zero-order chi connectivity index (χ0) is 27.5. The first-order valence-corrected chi connectivity index (χ1v) is 12.2. The van der Waals surface area contributed by atoms with E-state index < -0.39 is 0 Å². The summed E-state index contributed by atoms with van der Waals surface area (Å²) in [6, 6.07) is 24.2. The number of hydrogen-bond acceptors (Lipinski definition) is 6. The van der Waals surface area contributed by atoms with Crippen LogP contribution in [0, 0.1) is 11.3 Å². The molecule has 0 saturated heterocycles. The van der Waals surface area contributed by atoms with Gasteiger partial charge in [0, 0.05) is 17.3 Å². The molecule has 9 heteroatoms. The third-order valence-electron chi connectivity index (χ3n) is 6.02. The summed E-state index contributed by atoms with van der Waals surface area (Å²) in [7, 11) is 1.55. The van der Waals surface area contributed by atoms with E-state index in [9.17, 15) is 9.59 Å². The van der Waals surface area contributed by atoms with Crippen molar-refractivity contribution in [1.82, 2.24) is 0 Å². The number of methoxy groups -OCH3 is 1. The van der Waals surface area contributed by atoms with E-state index >= 15 is 0 Å². The summed E-state index contributed by atoms with van der Waals surface area (Å²) < 4.78 is 11.2. The first-order chi connectivity index (χ1) is 18.9. The van der Waals surface area contributed by atoms with Crippen molar-refractivity contribution in [2.45, 2.75) is 6.92 Å². The third-order valence-corrected chi connectivity index (χ3v) is 6.35. The summed E-state index contributed by atoms with van der Waals surface area (Å²) in [6.07, 6.45) is 1.62. The zero-order valence-corrected chi connectivity index (χ0v) is 21.7. The maximum absolute atomic E-state index is 13.1. The molecule has 0 aliphatic carbocycles. The summed E-state index contributed by atoms with van der Waals surface area (Å²) in [5.74, 6) is 0.835. The topological polar surface area (TPSA) is 108 Å². The van der Waals surface area contributed by atoms with Crippen molar-refractivity contribution < 1.29 is 18.7 Å². The van der Waals surface area contributed by atoms with Gasteiger partial charge in [0.25, 0.3) is 11.8 Å². The van der Waals surface area contributed by atoms with Gasteiger partial charge in [0.05, 0.1) is 46.3 Å². The molecule has 39 heavy (non-hydrogen) atoms. The quantitative estimate of drug-likeness (QED) is 0.281. The number of benzene rings is 3. The Labute approximate surface area is 229 Å². The second-order valence-electron chi connectivity index (χ2n) is 8.61. The SMILES string of the molecule is COc1cccc(NC(=O)c2cc(-c3ccc(/C=C4\C(=O)N(c5cccc(C#N)c5)N=C4C)o3)ccc2Cl)c1. The standard InChI is InChI=1S/C30H21ClN4O4/c1-18-25(30(37)35(34-18)22-7-3-5-19(13-22)17-32)16-24-10-12-28(39-24)20-9-11-27(31)26(14-20)29(36)33-21-6-4-8-23(15-21)38-2/h3-16H,1-2H3,(H,33,36)/b25-16-. The van der Waals surface area contributed by atoms with Crippen molar-refractivity contribution in [3.63, 3.8) is 0 Å². The number of nitrogens with zero attached hydrogens (tertiary/aromatic N) is 3. The molecule has 1 N–H and O–H groups in total. The number of carbonyl (C=O) groups is 2. The summed E-state index contributed by atoms with van der Waals surface area (Å²) >= 11 is 6.34. The van der Waals surface area contributed by atoms with Crippen LogP contribution in [-0.2, 0) is 4.79 Å². The summed E-state index contributed by atoms with van der Waals surface area (Å²) in [5.41, 5.74) is 3.30. The molecule has 2 amide bonds. The first kappa shape index (κ1) is 25.5. The molecule has 3 aromatic carbocycles. The van der Waals surface area contributed by atoms with E-state index in [-0.39, 0.29) is 22.4 Å². The first-order valence-electron chi connectivity index (χ1n) is 11.8. The normalized spacial score (nSPS) is 13.8. The highest BCUT2D eigenvalue weighted by molar-refractivity contribution is 6.34. The van der Waals surface area contributed by atoms with Gasteiger partial charge in [0.15, 0.2) is 0 Å². The van der Waals surface area contributed by atoms with E-state index in [4.69, 9.17) is 26.0 Å². The lowest BCUT2D eigenvalue weighted by molar-refractivity contribution is -0.114. The summed E-state index contributed by atoms with van der Waals surface area (Å²) in [6.45, 7) is 1.73. The lowest BCUT2D eigenvalue weighted by Gasteiger charge is -2.11. The lowest BCUT2D eigenvalue weighted by Crippen LogP contribution is -2.21. The Balaban J connectivity index is 1.37. The molecule has 5 rings (SSSR count). The highest BCUT2D eigenvalue weighted by Crippen LogP contribution is 2.30. The van der Waals surface area contributed by atoms with Crippen LogP contribution in [0.3, 0.4) is 0 Å². The number of anilines is 2. The van der Waals surface area contributed by atoms with Crippen LogP contribution in [-0.4, -0.2) is 24.6 Å². The van der Waals surface area contributed by atoms with Crippen molar-refractivity contribution in [3.05, 3.63) is 106 Å². The van der Waals surface area contributed by atoms with Gasteiger partial charge in [-0.3, -0.25) is 9.59 Å². The largest absolute Gasteiger partial charge is 0.497 e. The molecule has 0 unspecified atom stereocenters. The molecule has 192 valence electrons. The number of halogens is 1. The van der Waals surface area contributed by atoms with Gasteiger partial charge in [-0.05, 0) is 73.7 Å². The van der Waals surface area contributed by atoms with Crippen LogP contribution >= 0.6 is 11.6 Å². The molecule has 0 saturated carbocycles. The van der Waals surface area contributed by atoms with Gasteiger partial charge in [0.1, 0.15) is 17.3 Å². The maximum Gasteiger partial charge on any atom is 0.280 e. The van der Waals surface area contributed by atoms with Crippen molar-refractivity contribution >= 4 is 46.6 Å². The lowest BCUT2D eigenvalue weighted by atomic mass is 10.1. The molecular formula is C30H21ClN4O4. The van der Waals surface area contributed by atoms with E-state index in [1.165, 1.54) is 5.01 Å². The van der Waals surface area contributed by atoms with Crippen LogP contribution < -0.4 is 15.1 Å². The number of carbonyl (C=O) groups excluding carboxylic acids is 2. The van der Waals surface area contributed by atoms with E-state index in [1.54, 1.807) is 99.0 Å². The van der Waals surface area contributed by atoms with Crippen molar-refractivity contribution in [1.29, 1.82) is 5.26 Å². The number of nitrogens with one attached hydrogen (secondary N) is 1. The van der Waals surface area contributed by atoms with E-state index in [0.29, 0.717) is 51.1 Å². The second kappa shape index (κ2) is 10.7. The van der Waals surface area contributed by atoms with Gasteiger partial charge in [-0.1, -0.05) is 23.7 Å². The van der Waals surface area contributed by atoms with E-state index in [2.05, 4.69) is 16.5 Å². The van der Waals surface area contributed by atoms with E-state index in [1.807, 2.05) is 0 Å². The van der Waals surface area contributed by atoms with Crippen LogP contribution in [0.4, 0.5) is 11.4 Å². The van der Waals surface area contributed by atoms with Gasteiger partial charge in [-0.2, -0.15) is 15.4 Å². The monoisotopic (exact) mass is 536 g/mol. The Morgan fingerprint density at radius 2 is 1.92 bits per heavy atom. The third kappa shape index (κ3) is 5.30. The molecule has 0 spiro atoms. The molecule has 1 aliphatic heterocycles. The fraction of sp³-hybridized carbons (Fsp3) is 0.0667. The van der Waals surface area contributed by atoms with Gasteiger partial charge in [-0.25, -0.2) is 0 Å². The van der Waals surface area contributed by atoms with Gasteiger partial charge in [-0.15, -0.1) is 0 Å². The molecule has 1 aliphatic rings. The Hall–Kier alpha value is -5.13. The van der Waals surface area contributed by atoms with Crippen LogP contribution in [0.1, 0.15) is 28.6 Å². The highest BCUT2D eigenvalue weighted by atomic mass is 35.5. The Kier molecular flexibility index (Phi) is 7.00. The fourth-order valence-electron chi connectivity index (χ4n) is 4.05. The summed E-state index contributed by atoms with van der Waals surface area (Å²) in [5, 5.41) is 17.9. The minimum Gasteiger partial charge on any atom is -0.497 e. The average molecular weight is 537 g/mol. The summed E-state index contributed by atoms with van der Waals surface area (Å²) in [4.78, 5) is 26.1. The molecule has 0 radical (unpaired) electrons. The molecule has 0 bridgehead atoms. The number of hydrazone groups is 1. The second-order valence-corrected chi connectivity index (χ2v) is 9.01. The Morgan fingerprint density at radius 1 is 1.10 bits per heavy atom. The van der Waals surface area contributed by atoms with Crippen molar-refractivity contribution in [2.75, 3.05) is 17.4 Å². The van der Waals surface area contributed by atoms with Crippen LogP contribution in [0.25, 0.3) is 17.4 Å². The van der Waals surface area contributed by atoms with Crippen molar-refractivity contribution in [3.8, 4) is 23.1 Å². The molecule has 1 aromatic heterocycles. The predicted molar refractivity (Wildman–Crippen MR) is 150 cm³/mol. The maximum atomic E-state index is 13.1. The van der Waals surface area contributed by atoms with Crippen LogP contribution in [0.15, 0.2) is 94.0 Å². The van der Waals surface area contributed by atoms with E-state index in [0.717, 1.165) is 0 Å². The van der Waals surface area contributed by atoms with Gasteiger partial charge in [0.2, 0.25) is 0 Å². The molecule has 0 fully saturated rings. The average Bonchev–Trinajstić information content (AvgIpc) is 3.53. The Bertz CT molecular complexity index is 1710. The fourth-order valence-corrected chi connectivity index (χ4v) is 4.25. The number of furan rings is 1. The number of rotatable bonds is 6. The highest BCUT2D eigenvalue weighted by Gasteiger charge is 2.29. The zero-order valence-electron chi connectivity index (χ0n) is 20.9. The smallest absolute Gasteiger partial charge is 0.280 e. The minimum atomic E-state index is -0.382. The minimum absolute atomic E-state index is 0.275. The number of ether oxygens (including phenoxy) is 1. The number of nitriles is 1.